The normalized spacial score (nSPS) is 24.5. The molecule has 35 heavy (non-hydrogen) atoms. The van der Waals surface area contributed by atoms with Gasteiger partial charge in [-0.1, -0.05) is 61.3 Å². The smallest absolute Gasteiger partial charge is 0.304 e. The maximum absolute atomic E-state index is 14.1. The molecule has 1 amide bonds. The van der Waals surface area contributed by atoms with Gasteiger partial charge in [-0.25, -0.2) is 0 Å². The van der Waals surface area contributed by atoms with Gasteiger partial charge in [0, 0.05) is 16.0 Å². The van der Waals surface area contributed by atoms with E-state index in [4.69, 9.17) is 23.2 Å². The summed E-state index contributed by atoms with van der Waals surface area (Å²) in [5, 5.41) is 10.8. The quantitative estimate of drug-likeness (QED) is 0.371. The van der Waals surface area contributed by atoms with E-state index in [0.29, 0.717) is 28.6 Å². The molecule has 1 saturated heterocycles. The Morgan fingerprint density at radius 3 is 2.37 bits per heavy atom. The Morgan fingerprint density at radius 2 is 1.83 bits per heavy atom. The van der Waals surface area contributed by atoms with E-state index in [-0.39, 0.29) is 35.6 Å². The van der Waals surface area contributed by atoms with Crippen molar-refractivity contribution < 1.29 is 19.2 Å². The summed E-state index contributed by atoms with van der Waals surface area (Å²) in [5.41, 5.74) is 0.722. The largest absolute Gasteiger partial charge is 0.616 e. The average molecular weight is 539 g/mol. The standard InChI is InChI=1S/C27H33Cl2NO4S/c1-5-22(16-35(34)17(2)3)30-25(18-9-11-20(28)12-10-18)23(19-7-6-8-21(29)13-19)14-27(4,26(30)33)15-24(31)32/h6-13,17,22-23,25H,5,14-16H2,1-4H3,(H,31,32)/t22?,23-,25-,27-,35-/m1/s1. The van der Waals surface area contributed by atoms with Crippen molar-refractivity contribution in [2.45, 2.75) is 70.2 Å². The molecule has 0 saturated carbocycles. The third-order valence-corrected chi connectivity index (χ3v) is 9.13. The van der Waals surface area contributed by atoms with Crippen LogP contribution in [0.3, 0.4) is 0 Å². The number of piperidine rings is 1. The molecule has 5 nitrogen and oxygen atoms in total. The molecule has 2 aromatic rings. The zero-order chi connectivity index (χ0) is 25.9. The van der Waals surface area contributed by atoms with Crippen LogP contribution in [-0.2, 0) is 20.8 Å². The molecule has 5 atom stereocenters. The Morgan fingerprint density at radius 1 is 1.17 bits per heavy atom. The maximum Gasteiger partial charge on any atom is 0.304 e. The first kappa shape index (κ1) is 27.9. The van der Waals surface area contributed by atoms with E-state index in [1.807, 2.05) is 56.0 Å². The number of carboxylic acids is 1. The summed E-state index contributed by atoms with van der Waals surface area (Å²) in [5.74, 6) is -1.12. The Balaban J connectivity index is 2.22. The Hall–Kier alpha value is -1.73. The molecule has 0 radical (unpaired) electrons. The first-order chi connectivity index (χ1) is 16.5. The number of carbonyl (C=O) groups is 2. The van der Waals surface area contributed by atoms with Crippen molar-refractivity contribution in [1.29, 1.82) is 0 Å². The minimum absolute atomic E-state index is 0.0490. The molecule has 190 valence electrons. The fourth-order valence-corrected chi connectivity index (χ4v) is 6.54. The van der Waals surface area contributed by atoms with Crippen molar-refractivity contribution in [3.05, 3.63) is 69.7 Å². The molecule has 1 aliphatic rings. The molecular formula is C27H33Cl2NO4S. The number of aliphatic carboxylic acids is 1. The zero-order valence-corrected chi connectivity index (χ0v) is 22.9. The second kappa shape index (κ2) is 11.5. The highest BCUT2D eigenvalue weighted by Crippen LogP contribution is 2.52. The average Bonchev–Trinajstić information content (AvgIpc) is 2.79. The number of nitrogens with zero attached hydrogens (tertiary/aromatic N) is 1. The summed E-state index contributed by atoms with van der Waals surface area (Å²) in [4.78, 5) is 27.8. The van der Waals surface area contributed by atoms with Crippen LogP contribution in [-0.4, -0.2) is 43.5 Å². The summed E-state index contributed by atoms with van der Waals surface area (Å²) >= 11 is 11.4. The molecule has 8 heteroatoms. The van der Waals surface area contributed by atoms with Gasteiger partial charge in [0.25, 0.3) is 0 Å². The summed E-state index contributed by atoms with van der Waals surface area (Å²) in [6.45, 7) is 7.52. The van der Waals surface area contributed by atoms with Crippen molar-refractivity contribution in [2.24, 2.45) is 5.41 Å². The van der Waals surface area contributed by atoms with Gasteiger partial charge in [-0.3, -0.25) is 9.59 Å². The van der Waals surface area contributed by atoms with Crippen LogP contribution >= 0.6 is 23.2 Å². The van der Waals surface area contributed by atoms with E-state index >= 15 is 0 Å². The van der Waals surface area contributed by atoms with Crippen molar-refractivity contribution in [1.82, 2.24) is 4.90 Å². The Kier molecular flexibility index (Phi) is 9.19. The molecule has 0 spiro atoms. The Labute approximate surface area is 221 Å². The zero-order valence-electron chi connectivity index (χ0n) is 20.5. The number of hydrogen-bond acceptors (Lipinski definition) is 3. The van der Waals surface area contributed by atoms with E-state index in [0.717, 1.165) is 11.1 Å². The monoisotopic (exact) mass is 537 g/mol. The summed E-state index contributed by atoms with van der Waals surface area (Å²) in [6, 6.07) is 14.3. The second-order valence-electron chi connectivity index (χ2n) is 9.86. The third-order valence-electron chi connectivity index (χ3n) is 6.88. The molecule has 2 aromatic carbocycles. The first-order valence-electron chi connectivity index (χ1n) is 11.9. The van der Waals surface area contributed by atoms with Gasteiger partial charge in [-0.15, -0.1) is 0 Å². The molecule has 1 N–H and O–H groups in total. The number of halogens is 2. The number of amides is 1. The maximum atomic E-state index is 14.1. The van der Waals surface area contributed by atoms with Crippen LogP contribution in [0, 0.1) is 5.41 Å². The molecular weight excluding hydrogens is 505 g/mol. The minimum atomic E-state index is -1.14. The lowest BCUT2D eigenvalue weighted by atomic mass is 9.67. The molecule has 1 unspecified atom stereocenters. The van der Waals surface area contributed by atoms with Gasteiger partial charge in [-0.05, 0) is 73.3 Å². The van der Waals surface area contributed by atoms with E-state index in [2.05, 4.69) is 0 Å². The van der Waals surface area contributed by atoms with Gasteiger partial charge >= 0.3 is 5.97 Å². The van der Waals surface area contributed by atoms with Gasteiger partial charge in [0.15, 0.2) is 0 Å². The molecule has 0 aromatic heterocycles. The van der Waals surface area contributed by atoms with Crippen molar-refractivity contribution >= 4 is 46.3 Å². The lowest BCUT2D eigenvalue weighted by Crippen LogP contribution is -2.57. The lowest BCUT2D eigenvalue weighted by Gasteiger charge is -2.51. The van der Waals surface area contributed by atoms with Crippen LogP contribution in [0.1, 0.15) is 70.0 Å². The molecule has 1 aliphatic heterocycles. The minimum Gasteiger partial charge on any atom is -0.616 e. The SMILES string of the molecule is CCC(C[S@@+]([O-])C(C)C)N1C(=O)[C@@](C)(CC(=O)O)C[C@H](c2cccc(Cl)c2)[C@H]1c1ccc(Cl)cc1. The molecule has 1 fully saturated rings. The number of rotatable bonds is 9. The molecule has 3 rings (SSSR count). The van der Waals surface area contributed by atoms with Crippen LogP contribution in [0.15, 0.2) is 48.5 Å². The number of hydrogen-bond donors (Lipinski definition) is 1. The third kappa shape index (κ3) is 6.34. The van der Waals surface area contributed by atoms with Crippen LogP contribution in [0.2, 0.25) is 10.0 Å². The van der Waals surface area contributed by atoms with Gasteiger partial charge < -0.3 is 14.6 Å². The highest BCUT2D eigenvalue weighted by atomic mass is 35.5. The van der Waals surface area contributed by atoms with Crippen LogP contribution < -0.4 is 0 Å². The lowest BCUT2D eigenvalue weighted by molar-refractivity contribution is -0.160. The molecule has 0 aliphatic carbocycles. The highest BCUT2D eigenvalue weighted by Gasteiger charge is 2.52. The van der Waals surface area contributed by atoms with Crippen LogP contribution in [0.25, 0.3) is 0 Å². The number of likely N-dealkylation sites (tertiary alicyclic amines) is 1. The van der Waals surface area contributed by atoms with Crippen molar-refractivity contribution in [2.75, 3.05) is 5.75 Å². The predicted octanol–water partition coefficient (Wildman–Crippen LogP) is 6.47. The van der Waals surface area contributed by atoms with Gasteiger partial charge in [-0.2, -0.15) is 0 Å². The Bertz CT molecular complexity index is 1050. The number of benzene rings is 2. The van der Waals surface area contributed by atoms with Crippen molar-refractivity contribution in [3.63, 3.8) is 0 Å². The summed E-state index contributed by atoms with van der Waals surface area (Å²) in [6.07, 6.45) is 0.669. The topological polar surface area (TPSA) is 80.7 Å². The fourth-order valence-electron chi connectivity index (χ4n) is 5.06. The molecule has 0 bridgehead atoms. The number of carboxylic acid groups (broad SMARTS) is 1. The van der Waals surface area contributed by atoms with E-state index in [9.17, 15) is 19.2 Å². The van der Waals surface area contributed by atoms with Crippen LogP contribution in [0.5, 0.6) is 0 Å². The second-order valence-corrected chi connectivity index (χ2v) is 12.8. The van der Waals surface area contributed by atoms with E-state index in [1.54, 1.807) is 25.1 Å². The summed E-state index contributed by atoms with van der Waals surface area (Å²) < 4.78 is 12.9. The summed E-state index contributed by atoms with van der Waals surface area (Å²) in [7, 11) is 0. The fraction of sp³-hybridized carbons (Fsp3) is 0.481. The van der Waals surface area contributed by atoms with Crippen LogP contribution in [0.4, 0.5) is 0 Å². The van der Waals surface area contributed by atoms with E-state index < -0.39 is 22.6 Å². The van der Waals surface area contributed by atoms with Gasteiger partial charge in [0.2, 0.25) is 5.91 Å². The number of carbonyl (C=O) groups excluding carboxylic acids is 1. The van der Waals surface area contributed by atoms with Crippen molar-refractivity contribution in [3.8, 4) is 0 Å². The predicted molar refractivity (Wildman–Crippen MR) is 142 cm³/mol. The first-order valence-corrected chi connectivity index (χ1v) is 14.0. The highest BCUT2D eigenvalue weighted by molar-refractivity contribution is 7.92. The van der Waals surface area contributed by atoms with E-state index in [1.165, 1.54) is 0 Å². The molecule has 1 heterocycles. The van der Waals surface area contributed by atoms with Gasteiger partial charge in [0.05, 0.1) is 23.9 Å². The van der Waals surface area contributed by atoms with Gasteiger partial charge in [0.1, 0.15) is 11.0 Å².